The van der Waals surface area contributed by atoms with Crippen LogP contribution in [0.1, 0.15) is 37.1 Å². The number of rotatable bonds is 7. The van der Waals surface area contributed by atoms with Crippen molar-refractivity contribution in [2.75, 3.05) is 18.8 Å². The van der Waals surface area contributed by atoms with Gasteiger partial charge in [0.15, 0.2) is 9.84 Å². The largest absolute Gasteiger partial charge is 0.489 e. The summed E-state index contributed by atoms with van der Waals surface area (Å²) < 4.78 is 31.1. The van der Waals surface area contributed by atoms with Gasteiger partial charge in [0.25, 0.3) is 0 Å². The molecular formula is C27H31N3O6S. The zero-order valence-electron chi connectivity index (χ0n) is 21.1. The number of amides is 2. The molecule has 0 radical (unpaired) electrons. The van der Waals surface area contributed by atoms with Crippen molar-refractivity contribution in [2.45, 2.75) is 38.5 Å². The van der Waals surface area contributed by atoms with Crippen LogP contribution in [0, 0.1) is 12.8 Å². The SMILES string of the molecule is Cc1cc(COc2ccc(C3(CC(=O)NO)CN(C(=O)C(C)C)CCS3(=O)=O)cc2)c2ccccc2n1. The molecular weight excluding hydrogens is 494 g/mol. The van der Waals surface area contributed by atoms with Gasteiger partial charge in [-0.1, -0.05) is 44.2 Å². The average Bonchev–Trinajstić information content (AvgIpc) is 2.88. The van der Waals surface area contributed by atoms with Crippen molar-refractivity contribution in [3.8, 4) is 5.75 Å². The molecule has 0 saturated carbocycles. The molecule has 3 aromatic rings. The fourth-order valence-corrected chi connectivity index (χ4v) is 6.88. The van der Waals surface area contributed by atoms with Gasteiger partial charge in [0.05, 0.1) is 17.7 Å². The summed E-state index contributed by atoms with van der Waals surface area (Å²) in [4.78, 5) is 31.0. The minimum atomic E-state index is -3.85. The van der Waals surface area contributed by atoms with Gasteiger partial charge in [-0.05, 0) is 36.8 Å². The number of aryl methyl sites for hydroxylation is 1. The van der Waals surface area contributed by atoms with Crippen LogP contribution in [0.3, 0.4) is 0 Å². The van der Waals surface area contributed by atoms with Gasteiger partial charge >= 0.3 is 0 Å². The lowest BCUT2D eigenvalue weighted by Gasteiger charge is -2.42. The normalized spacial score (nSPS) is 19.1. The molecule has 0 bridgehead atoms. The minimum absolute atomic E-state index is 0.0579. The number of carbonyl (C=O) groups is 2. The lowest BCUT2D eigenvalue weighted by molar-refractivity contribution is -0.136. The molecule has 4 rings (SSSR count). The second-order valence-corrected chi connectivity index (χ2v) is 12.1. The van der Waals surface area contributed by atoms with Crippen LogP contribution in [0.25, 0.3) is 10.9 Å². The van der Waals surface area contributed by atoms with E-state index in [1.54, 1.807) is 43.6 Å². The maximum Gasteiger partial charge on any atom is 0.245 e. The molecule has 37 heavy (non-hydrogen) atoms. The van der Waals surface area contributed by atoms with Gasteiger partial charge in [0.2, 0.25) is 11.8 Å². The van der Waals surface area contributed by atoms with Gasteiger partial charge in [0, 0.05) is 35.7 Å². The zero-order valence-corrected chi connectivity index (χ0v) is 21.9. The number of sulfone groups is 1. The molecule has 1 fully saturated rings. The lowest BCUT2D eigenvalue weighted by atomic mass is 9.92. The minimum Gasteiger partial charge on any atom is -0.489 e. The van der Waals surface area contributed by atoms with Gasteiger partial charge < -0.3 is 9.64 Å². The number of hydrogen-bond donors (Lipinski definition) is 2. The first-order valence-electron chi connectivity index (χ1n) is 12.1. The molecule has 1 atom stereocenters. The quantitative estimate of drug-likeness (QED) is 0.359. The number of benzene rings is 2. The van der Waals surface area contributed by atoms with E-state index < -0.39 is 26.9 Å². The summed E-state index contributed by atoms with van der Waals surface area (Å²) in [6.07, 6.45) is -0.518. The molecule has 196 valence electrons. The topological polar surface area (TPSA) is 126 Å². The highest BCUT2D eigenvalue weighted by Crippen LogP contribution is 2.40. The Morgan fingerprint density at radius 2 is 1.86 bits per heavy atom. The third kappa shape index (κ3) is 5.30. The lowest BCUT2D eigenvalue weighted by Crippen LogP contribution is -2.57. The summed E-state index contributed by atoms with van der Waals surface area (Å²) in [5.41, 5.74) is 4.63. The molecule has 10 heteroatoms. The number of carbonyl (C=O) groups excluding carboxylic acids is 2. The summed E-state index contributed by atoms with van der Waals surface area (Å²) in [5.74, 6) is -1.12. The third-order valence-electron chi connectivity index (χ3n) is 6.75. The molecule has 0 aliphatic carbocycles. The Labute approximate surface area is 216 Å². The van der Waals surface area contributed by atoms with Crippen molar-refractivity contribution in [3.63, 3.8) is 0 Å². The first-order valence-corrected chi connectivity index (χ1v) is 13.7. The molecule has 1 aromatic heterocycles. The molecule has 9 nitrogen and oxygen atoms in total. The van der Waals surface area contributed by atoms with E-state index in [-0.39, 0.29) is 37.3 Å². The Morgan fingerprint density at radius 3 is 2.54 bits per heavy atom. The maximum atomic E-state index is 13.4. The van der Waals surface area contributed by atoms with Crippen molar-refractivity contribution >= 4 is 32.6 Å². The van der Waals surface area contributed by atoms with E-state index in [4.69, 9.17) is 4.74 Å². The molecule has 1 unspecified atom stereocenters. The molecule has 0 spiro atoms. The molecule has 2 N–H and O–H groups in total. The highest BCUT2D eigenvalue weighted by atomic mass is 32.2. The zero-order chi connectivity index (χ0) is 26.8. The molecule has 1 aliphatic heterocycles. The van der Waals surface area contributed by atoms with E-state index in [1.807, 2.05) is 37.3 Å². The number of hydrogen-bond acceptors (Lipinski definition) is 7. The second-order valence-electron chi connectivity index (χ2n) is 9.69. The van der Waals surface area contributed by atoms with E-state index in [1.165, 1.54) is 4.90 Å². The Balaban J connectivity index is 1.64. The van der Waals surface area contributed by atoms with Crippen molar-refractivity contribution in [1.82, 2.24) is 15.4 Å². The van der Waals surface area contributed by atoms with Gasteiger partial charge in [0.1, 0.15) is 17.1 Å². The van der Waals surface area contributed by atoms with Crippen molar-refractivity contribution in [2.24, 2.45) is 5.92 Å². The number of nitrogens with one attached hydrogen (secondary N) is 1. The van der Waals surface area contributed by atoms with Crippen LogP contribution in [0.2, 0.25) is 0 Å². The van der Waals surface area contributed by atoms with Gasteiger partial charge in [-0.2, -0.15) is 0 Å². The van der Waals surface area contributed by atoms with E-state index in [0.717, 1.165) is 22.2 Å². The summed E-state index contributed by atoms with van der Waals surface area (Å²) in [5, 5.41) is 10.2. The van der Waals surface area contributed by atoms with E-state index in [2.05, 4.69) is 4.98 Å². The molecule has 1 aliphatic rings. The summed E-state index contributed by atoms with van der Waals surface area (Å²) in [6, 6.07) is 16.3. The van der Waals surface area contributed by atoms with Gasteiger partial charge in [-0.25, -0.2) is 13.9 Å². The van der Waals surface area contributed by atoms with Crippen LogP contribution in [0.4, 0.5) is 0 Å². The smallest absolute Gasteiger partial charge is 0.245 e. The van der Waals surface area contributed by atoms with Crippen molar-refractivity contribution < 1.29 is 28.0 Å². The fourth-order valence-electron chi connectivity index (χ4n) is 4.83. The highest BCUT2D eigenvalue weighted by Gasteiger charge is 2.51. The maximum absolute atomic E-state index is 13.4. The Kier molecular flexibility index (Phi) is 7.52. The predicted molar refractivity (Wildman–Crippen MR) is 139 cm³/mol. The number of ether oxygens (including phenoxy) is 1. The van der Waals surface area contributed by atoms with E-state index >= 15 is 0 Å². The van der Waals surface area contributed by atoms with E-state index in [0.29, 0.717) is 11.3 Å². The first kappa shape index (κ1) is 26.6. The molecule has 1 saturated heterocycles. The van der Waals surface area contributed by atoms with Crippen molar-refractivity contribution in [1.29, 1.82) is 0 Å². The first-order chi connectivity index (χ1) is 17.6. The van der Waals surface area contributed by atoms with Crippen LogP contribution in [0.15, 0.2) is 54.6 Å². The third-order valence-corrected chi connectivity index (χ3v) is 9.17. The summed E-state index contributed by atoms with van der Waals surface area (Å²) in [7, 11) is -3.85. The predicted octanol–water partition coefficient (Wildman–Crippen LogP) is 3.13. The highest BCUT2D eigenvalue weighted by molar-refractivity contribution is 7.92. The second kappa shape index (κ2) is 10.5. The average molecular weight is 526 g/mol. The Morgan fingerprint density at radius 1 is 1.16 bits per heavy atom. The fraction of sp³-hybridized carbons (Fsp3) is 0.370. The number of aromatic nitrogens is 1. The van der Waals surface area contributed by atoms with Gasteiger partial charge in [-0.3, -0.25) is 19.8 Å². The van der Waals surface area contributed by atoms with Gasteiger partial charge in [-0.15, -0.1) is 0 Å². The summed E-state index contributed by atoms with van der Waals surface area (Å²) >= 11 is 0. The molecule has 2 aromatic carbocycles. The standard InChI is InChI=1S/C27H31N3O6S/c1-18(2)26(32)30-12-13-37(34,35)27(17-30,15-25(31)29-33)21-8-10-22(11-9-21)36-16-20-14-19(3)28-24-7-5-4-6-23(20)24/h4-11,14,18,33H,12-13,15-17H2,1-3H3,(H,29,31). The number of hydroxylamine groups is 1. The number of nitrogens with zero attached hydrogens (tertiary/aromatic N) is 2. The number of pyridine rings is 1. The van der Waals surface area contributed by atoms with Crippen LogP contribution < -0.4 is 10.2 Å². The van der Waals surface area contributed by atoms with Crippen LogP contribution in [-0.2, 0) is 30.8 Å². The Bertz CT molecular complexity index is 1420. The number of fused-ring (bicyclic) bond motifs is 1. The Hall–Kier alpha value is -3.50. The van der Waals surface area contributed by atoms with E-state index in [9.17, 15) is 23.2 Å². The molecule has 2 heterocycles. The molecule has 2 amide bonds. The summed E-state index contributed by atoms with van der Waals surface area (Å²) in [6.45, 7) is 5.58. The van der Waals surface area contributed by atoms with Crippen molar-refractivity contribution in [3.05, 3.63) is 71.4 Å². The van der Waals surface area contributed by atoms with Crippen LogP contribution in [-0.4, -0.2) is 54.2 Å². The monoisotopic (exact) mass is 525 g/mol. The van der Waals surface area contributed by atoms with Crippen LogP contribution >= 0.6 is 0 Å². The number of para-hydroxylation sites is 1. The van der Waals surface area contributed by atoms with Crippen LogP contribution in [0.5, 0.6) is 5.75 Å².